The molecule has 1 aliphatic heterocycles. The van der Waals surface area contributed by atoms with Crippen molar-refractivity contribution < 1.29 is 19.5 Å². The van der Waals surface area contributed by atoms with Crippen LogP contribution < -0.4 is 0 Å². The van der Waals surface area contributed by atoms with Crippen LogP contribution in [0, 0.1) is 0 Å². The zero-order valence-corrected chi connectivity index (χ0v) is 9.96. The standard InChI is InChI=1S/C13H15NO4.K.H/c15-12(16)10-5-4-6-11(9-10)13(17)18-14-7-2-1-3-8-14;;/h4-6,9H,1-3,7-8H2,(H,15,16);;. The topological polar surface area (TPSA) is 66.8 Å². The van der Waals surface area contributed by atoms with Gasteiger partial charge in [0.15, 0.2) is 0 Å². The molecule has 19 heavy (non-hydrogen) atoms. The summed E-state index contributed by atoms with van der Waals surface area (Å²) in [5.41, 5.74) is 0.351. The number of hydroxylamine groups is 2. The normalized spacial score (nSPS) is 15.4. The second kappa shape index (κ2) is 8.13. The molecule has 1 fully saturated rings. The molecule has 6 heteroatoms. The van der Waals surface area contributed by atoms with E-state index in [0.29, 0.717) is 0 Å². The van der Waals surface area contributed by atoms with Crippen molar-refractivity contribution in [1.82, 2.24) is 5.06 Å². The van der Waals surface area contributed by atoms with Crippen LogP contribution >= 0.6 is 0 Å². The Morgan fingerprint density at radius 1 is 1.11 bits per heavy atom. The summed E-state index contributed by atoms with van der Waals surface area (Å²) in [5, 5.41) is 10.5. The van der Waals surface area contributed by atoms with E-state index in [-0.39, 0.29) is 62.5 Å². The Hall–Kier alpha value is -0.244. The van der Waals surface area contributed by atoms with Crippen LogP contribution in [0.15, 0.2) is 24.3 Å². The molecule has 5 nitrogen and oxygen atoms in total. The first kappa shape index (κ1) is 16.8. The van der Waals surface area contributed by atoms with Gasteiger partial charge < -0.3 is 9.94 Å². The number of rotatable bonds is 3. The van der Waals surface area contributed by atoms with Crippen molar-refractivity contribution in [3.63, 3.8) is 0 Å². The fourth-order valence-electron chi connectivity index (χ4n) is 1.91. The van der Waals surface area contributed by atoms with Crippen molar-refractivity contribution in [3.8, 4) is 0 Å². The number of hydrogen-bond acceptors (Lipinski definition) is 4. The zero-order chi connectivity index (χ0) is 13.0. The van der Waals surface area contributed by atoms with E-state index in [1.165, 1.54) is 18.2 Å². The van der Waals surface area contributed by atoms with E-state index in [1.54, 1.807) is 11.1 Å². The molecule has 0 aliphatic carbocycles. The van der Waals surface area contributed by atoms with Gasteiger partial charge in [-0.25, -0.2) is 9.59 Å². The predicted molar refractivity (Wildman–Crippen MR) is 71.4 cm³/mol. The Kier molecular flexibility index (Phi) is 7.20. The van der Waals surface area contributed by atoms with E-state index in [9.17, 15) is 9.59 Å². The molecule has 1 aliphatic rings. The van der Waals surface area contributed by atoms with Crippen molar-refractivity contribution in [1.29, 1.82) is 0 Å². The Morgan fingerprint density at radius 3 is 2.37 bits per heavy atom. The Labute approximate surface area is 154 Å². The molecule has 0 atom stereocenters. The van der Waals surface area contributed by atoms with Gasteiger partial charge >= 0.3 is 63.3 Å². The average Bonchev–Trinajstić information content (AvgIpc) is 2.40. The van der Waals surface area contributed by atoms with Gasteiger partial charge in [-0.05, 0) is 31.0 Å². The number of carbonyl (C=O) groups is 2. The minimum absolute atomic E-state index is 0. The van der Waals surface area contributed by atoms with Crippen LogP contribution in [0.2, 0.25) is 0 Å². The third-order valence-corrected chi connectivity index (χ3v) is 2.87. The zero-order valence-electron chi connectivity index (χ0n) is 9.96. The SMILES string of the molecule is O=C(O)c1cccc(C(=O)ON2CCCCC2)c1.[KH]. The summed E-state index contributed by atoms with van der Waals surface area (Å²) in [6.07, 6.45) is 3.19. The fourth-order valence-corrected chi connectivity index (χ4v) is 1.91. The van der Waals surface area contributed by atoms with Gasteiger partial charge in [0.05, 0.1) is 11.1 Å². The molecule has 1 N–H and O–H groups in total. The molecule has 0 amide bonds. The minimum atomic E-state index is -1.05. The molecule has 1 aromatic rings. The Balaban J connectivity index is 0.00000180. The van der Waals surface area contributed by atoms with E-state index in [4.69, 9.17) is 9.94 Å². The van der Waals surface area contributed by atoms with E-state index >= 15 is 0 Å². The number of benzene rings is 1. The van der Waals surface area contributed by atoms with Crippen molar-refractivity contribution in [2.45, 2.75) is 19.3 Å². The summed E-state index contributed by atoms with van der Waals surface area (Å²) in [6, 6.07) is 5.86. The van der Waals surface area contributed by atoms with Crippen molar-refractivity contribution in [2.75, 3.05) is 13.1 Å². The van der Waals surface area contributed by atoms with E-state index in [2.05, 4.69) is 0 Å². The van der Waals surface area contributed by atoms with E-state index in [0.717, 1.165) is 32.4 Å². The number of nitrogens with zero attached hydrogens (tertiary/aromatic N) is 1. The average molecular weight is 289 g/mol. The molecule has 1 saturated heterocycles. The molecule has 1 heterocycles. The number of aromatic carboxylic acids is 1. The molecule has 0 aromatic heterocycles. The van der Waals surface area contributed by atoms with Crippen molar-refractivity contribution in [3.05, 3.63) is 35.4 Å². The van der Waals surface area contributed by atoms with Gasteiger partial charge in [-0.1, -0.05) is 12.5 Å². The Bertz CT molecular complexity index is 458. The van der Waals surface area contributed by atoms with Crippen LogP contribution in [-0.4, -0.2) is 86.6 Å². The number of carboxylic acid groups (broad SMARTS) is 1. The second-order valence-corrected chi connectivity index (χ2v) is 4.25. The van der Waals surface area contributed by atoms with Gasteiger partial charge in [-0.2, -0.15) is 0 Å². The third kappa shape index (κ3) is 4.98. The van der Waals surface area contributed by atoms with Gasteiger partial charge in [0.2, 0.25) is 0 Å². The summed E-state index contributed by atoms with van der Waals surface area (Å²) in [7, 11) is 0. The fraction of sp³-hybridized carbons (Fsp3) is 0.385. The molecular formula is C13H16KNO4. The van der Waals surface area contributed by atoms with Crippen LogP contribution in [0.5, 0.6) is 0 Å². The van der Waals surface area contributed by atoms with Gasteiger partial charge in [-0.15, -0.1) is 5.06 Å². The molecule has 98 valence electrons. The predicted octanol–water partition coefficient (Wildman–Crippen LogP) is 1.29. The van der Waals surface area contributed by atoms with Crippen LogP contribution in [0.3, 0.4) is 0 Å². The molecular weight excluding hydrogens is 273 g/mol. The summed E-state index contributed by atoms with van der Waals surface area (Å²) >= 11 is 0. The molecule has 0 unspecified atom stereocenters. The van der Waals surface area contributed by atoms with E-state index < -0.39 is 11.9 Å². The first-order chi connectivity index (χ1) is 8.66. The molecule has 1 aromatic carbocycles. The summed E-state index contributed by atoms with van der Waals surface area (Å²) in [6.45, 7) is 1.48. The number of carbonyl (C=O) groups excluding carboxylic acids is 1. The molecule has 0 saturated carbocycles. The maximum atomic E-state index is 11.8. The number of piperidine rings is 1. The summed E-state index contributed by atoms with van der Waals surface area (Å²) in [4.78, 5) is 27.8. The van der Waals surface area contributed by atoms with E-state index in [1.807, 2.05) is 0 Å². The maximum absolute atomic E-state index is 11.8. The summed E-state index contributed by atoms with van der Waals surface area (Å²) in [5.74, 6) is -1.55. The first-order valence-electron chi connectivity index (χ1n) is 5.97. The molecule has 0 bridgehead atoms. The number of hydrogen-bond donors (Lipinski definition) is 1. The van der Waals surface area contributed by atoms with Crippen molar-refractivity contribution in [2.24, 2.45) is 0 Å². The molecule has 0 radical (unpaired) electrons. The van der Waals surface area contributed by atoms with Gasteiger partial charge in [0.25, 0.3) is 0 Å². The third-order valence-electron chi connectivity index (χ3n) is 2.87. The van der Waals surface area contributed by atoms with Gasteiger partial charge in [0, 0.05) is 13.1 Å². The van der Waals surface area contributed by atoms with Crippen LogP contribution in [0.25, 0.3) is 0 Å². The number of carboxylic acids is 1. The van der Waals surface area contributed by atoms with Crippen LogP contribution in [0.1, 0.15) is 40.0 Å². The first-order valence-corrected chi connectivity index (χ1v) is 5.97. The van der Waals surface area contributed by atoms with Crippen LogP contribution in [0.4, 0.5) is 0 Å². The molecule has 2 rings (SSSR count). The Morgan fingerprint density at radius 2 is 1.74 bits per heavy atom. The van der Waals surface area contributed by atoms with Crippen molar-refractivity contribution >= 4 is 63.3 Å². The molecule has 0 spiro atoms. The second-order valence-electron chi connectivity index (χ2n) is 4.25. The van der Waals surface area contributed by atoms with Gasteiger partial charge in [0.1, 0.15) is 0 Å². The quantitative estimate of drug-likeness (QED) is 0.849. The summed E-state index contributed by atoms with van der Waals surface area (Å²) < 4.78 is 0. The monoisotopic (exact) mass is 289 g/mol. The van der Waals surface area contributed by atoms with Crippen LogP contribution in [-0.2, 0) is 4.84 Å². The van der Waals surface area contributed by atoms with Gasteiger partial charge in [-0.3, -0.25) is 0 Å².